The third-order valence-electron chi connectivity index (χ3n) is 0. The van der Waals surface area contributed by atoms with E-state index < -0.39 is 7.82 Å². The van der Waals surface area contributed by atoms with E-state index in [1.54, 1.807) is 0 Å². The van der Waals surface area contributed by atoms with E-state index in [1.807, 2.05) is 0 Å². The van der Waals surface area contributed by atoms with Crippen LogP contribution in [-0.2, 0) is 4.57 Å². The Labute approximate surface area is 148 Å². The molecule has 0 heterocycles. The normalized spacial score (nSPS) is 5.90. The zero-order valence-corrected chi connectivity index (χ0v) is 4.09. The summed E-state index contributed by atoms with van der Waals surface area (Å²) in [6.07, 6.45) is 0. The fourth-order valence-electron chi connectivity index (χ4n) is 0. The van der Waals surface area contributed by atoms with E-state index in [2.05, 4.69) is 0 Å². The van der Waals surface area contributed by atoms with Crippen LogP contribution in [0.3, 0.4) is 0 Å². The van der Waals surface area contributed by atoms with Gasteiger partial charge in [-0.15, -0.1) is 0 Å². The molecule has 0 radical (unpaired) electrons. The summed E-state index contributed by atoms with van der Waals surface area (Å²) in [6, 6.07) is 0. The molecule has 0 aliphatic heterocycles. The molecule has 0 atom stereocenters. The predicted octanol–water partition coefficient (Wildman–Crippen LogP) is -5.33. The first-order valence-electron chi connectivity index (χ1n) is 0.783. The molecule has 0 unspecified atom stereocenters. The maximum absolute atomic E-state index is 8.88. The van der Waals surface area contributed by atoms with E-state index >= 15 is 0 Å². The molecular formula is H13Ca3O6P. The van der Waals surface area contributed by atoms with Gasteiger partial charge in [0.2, 0.25) is 0 Å². The number of hydrogen-bond donors (Lipinski definition) is 3. The van der Waals surface area contributed by atoms with Crippen molar-refractivity contribution in [2.24, 2.45) is 0 Å². The van der Waals surface area contributed by atoms with Gasteiger partial charge in [0.25, 0.3) is 0 Å². The summed E-state index contributed by atoms with van der Waals surface area (Å²) in [5.41, 5.74) is 0. The van der Waals surface area contributed by atoms with Crippen molar-refractivity contribution in [1.82, 2.24) is 0 Å². The van der Waals surface area contributed by atoms with Crippen molar-refractivity contribution in [3.8, 4) is 0 Å². The molecule has 0 aliphatic rings. The summed E-state index contributed by atoms with van der Waals surface area (Å²) in [5, 5.41) is 0. The van der Waals surface area contributed by atoms with Crippen molar-refractivity contribution in [2.75, 3.05) is 0 Å². The molecule has 10 heteroatoms. The molecule has 10 heavy (non-hydrogen) atoms. The van der Waals surface area contributed by atoms with Crippen LogP contribution in [0.1, 0.15) is 0 Å². The summed E-state index contributed by atoms with van der Waals surface area (Å²) < 4.78 is 8.88. The fraction of sp³-hybridized carbons (Fsp3) is 0. The first-order valence-corrected chi connectivity index (χ1v) is 2.35. The van der Waals surface area contributed by atoms with Crippen LogP contribution in [0.4, 0.5) is 0 Å². The van der Waals surface area contributed by atoms with E-state index in [1.165, 1.54) is 0 Å². The molecule has 0 bridgehead atoms. The first kappa shape index (κ1) is 37.2. The molecule has 0 spiro atoms. The molecule has 0 amide bonds. The van der Waals surface area contributed by atoms with Crippen LogP contribution >= 0.6 is 7.82 Å². The van der Waals surface area contributed by atoms with Gasteiger partial charge < -0.3 is 25.6 Å². The van der Waals surface area contributed by atoms with Gasteiger partial charge in [-0.25, -0.2) is 4.57 Å². The Balaban J connectivity index is -0.00000000800. The molecule has 0 saturated carbocycles. The minimum atomic E-state index is -4.64. The van der Waals surface area contributed by atoms with Crippen LogP contribution in [-0.4, -0.2) is 139 Å². The van der Waals surface area contributed by atoms with Crippen molar-refractivity contribution >= 4 is 121 Å². The molecule has 7 N–H and O–H groups in total. The summed E-state index contributed by atoms with van der Waals surface area (Å²) in [4.78, 5) is 21.6. The average Bonchev–Trinajstić information content (AvgIpc) is 0.722. The van der Waals surface area contributed by atoms with Gasteiger partial charge in [-0.05, 0) is 0 Å². The summed E-state index contributed by atoms with van der Waals surface area (Å²) in [6.45, 7) is 0. The second-order valence-corrected chi connectivity index (χ2v) is 1.54. The third-order valence-corrected chi connectivity index (χ3v) is 0. The van der Waals surface area contributed by atoms with Gasteiger partial charge >= 0.3 is 121 Å². The molecule has 0 aromatic carbocycles. The Morgan fingerprint density at radius 2 is 0.800 bits per heavy atom. The molecule has 60 valence electrons. The molecule has 0 saturated heterocycles. The Morgan fingerprint density at radius 1 is 0.800 bits per heavy atom. The SMILES string of the molecule is O.O.O=P(O)(O)O.[CaH2].[CaH2].[CaH2]. The number of rotatable bonds is 0. The Hall–Kier alpha value is 3.81. The van der Waals surface area contributed by atoms with Gasteiger partial charge in [-0.3, -0.25) is 0 Å². The van der Waals surface area contributed by atoms with E-state index in [-0.39, 0.29) is 124 Å². The van der Waals surface area contributed by atoms with Crippen LogP contribution in [0.2, 0.25) is 0 Å². The summed E-state index contributed by atoms with van der Waals surface area (Å²) in [7, 11) is -4.64. The summed E-state index contributed by atoms with van der Waals surface area (Å²) in [5.74, 6) is 0. The van der Waals surface area contributed by atoms with Gasteiger partial charge in [0.1, 0.15) is 0 Å². The molecule has 0 aliphatic carbocycles. The quantitative estimate of drug-likeness (QED) is 0.295. The standard InChI is InChI=1S/3Ca.H3O4P.2H2O.6H/c;;;1-5(2,3)4;;;;;;;;/h;;;(H3,1,2,3,4);2*1H2;;;;;;. The monoisotopic (exact) mass is 260 g/mol. The van der Waals surface area contributed by atoms with Crippen molar-refractivity contribution < 1.29 is 30.2 Å². The average molecular weight is 260 g/mol. The maximum atomic E-state index is 8.88. The van der Waals surface area contributed by atoms with Gasteiger partial charge in [-0.2, -0.15) is 0 Å². The predicted molar refractivity (Wildman–Crippen MR) is 47.1 cm³/mol. The Morgan fingerprint density at radius 3 is 0.800 bits per heavy atom. The zero-order chi connectivity index (χ0) is 4.50. The molecule has 0 fully saturated rings. The van der Waals surface area contributed by atoms with Gasteiger partial charge in [-0.1, -0.05) is 0 Å². The van der Waals surface area contributed by atoms with E-state index in [0.29, 0.717) is 0 Å². The van der Waals surface area contributed by atoms with Crippen molar-refractivity contribution in [3.05, 3.63) is 0 Å². The van der Waals surface area contributed by atoms with Gasteiger partial charge in [0.15, 0.2) is 0 Å². The molecule has 0 aromatic rings. The van der Waals surface area contributed by atoms with Crippen molar-refractivity contribution in [2.45, 2.75) is 0 Å². The van der Waals surface area contributed by atoms with E-state index in [9.17, 15) is 0 Å². The van der Waals surface area contributed by atoms with Crippen LogP contribution in [0, 0.1) is 0 Å². The van der Waals surface area contributed by atoms with Crippen molar-refractivity contribution in [3.63, 3.8) is 0 Å². The van der Waals surface area contributed by atoms with Crippen molar-refractivity contribution in [1.29, 1.82) is 0 Å². The fourth-order valence-corrected chi connectivity index (χ4v) is 0. The van der Waals surface area contributed by atoms with Crippen LogP contribution < -0.4 is 0 Å². The Bertz CT molecular complexity index is 59.1. The zero-order valence-electron chi connectivity index (χ0n) is 3.20. The van der Waals surface area contributed by atoms with Gasteiger partial charge in [0.05, 0.1) is 0 Å². The summed E-state index contributed by atoms with van der Waals surface area (Å²) >= 11 is 0. The topological polar surface area (TPSA) is 141 Å². The van der Waals surface area contributed by atoms with Crippen LogP contribution in [0.5, 0.6) is 0 Å². The van der Waals surface area contributed by atoms with Gasteiger partial charge in [0, 0.05) is 0 Å². The minimum absolute atomic E-state index is 0. The molecule has 6 nitrogen and oxygen atoms in total. The third kappa shape index (κ3) is 95.1. The van der Waals surface area contributed by atoms with Crippen LogP contribution in [0.15, 0.2) is 0 Å². The molecular weight excluding hydrogens is 247 g/mol. The second kappa shape index (κ2) is 18.6. The van der Waals surface area contributed by atoms with E-state index in [4.69, 9.17) is 19.2 Å². The van der Waals surface area contributed by atoms with E-state index in [0.717, 1.165) is 0 Å². The van der Waals surface area contributed by atoms with Crippen LogP contribution in [0.25, 0.3) is 0 Å². The second-order valence-electron chi connectivity index (χ2n) is 0.513. The molecule has 0 aromatic heterocycles. The molecule has 0 rings (SSSR count). The first-order chi connectivity index (χ1) is 2.00. The Kier molecular flexibility index (Phi) is 69.0. The number of phosphoric acid groups is 1. The number of hydrogen-bond acceptors (Lipinski definition) is 1.